The van der Waals surface area contributed by atoms with Crippen molar-refractivity contribution < 1.29 is 14.3 Å². The summed E-state index contributed by atoms with van der Waals surface area (Å²) in [4.78, 5) is 24.8. The van der Waals surface area contributed by atoms with Crippen LogP contribution in [-0.4, -0.2) is 36.5 Å². The fourth-order valence-electron chi connectivity index (χ4n) is 1.59. The van der Waals surface area contributed by atoms with Gasteiger partial charge in [-0.05, 0) is 19.3 Å². The van der Waals surface area contributed by atoms with Crippen molar-refractivity contribution in [1.29, 1.82) is 0 Å². The van der Waals surface area contributed by atoms with Crippen molar-refractivity contribution in [2.45, 2.75) is 47.0 Å². The molecule has 0 spiro atoms. The van der Waals surface area contributed by atoms with Crippen LogP contribution < -0.4 is 0 Å². The van der Waals surface area contributed by atoms with Crippen molar-refractivity contribution in [1.82, 2.24) is 4.90 Å². The maximum absolute atomic E-state index is 11.8. The molecule has 0 radical (unpaired) electrons. The number of ether oxygens (including phenoxy) is 1. The Kier molecular flexibility index (Phi) is 8.46. The Balaban J connectivity index is 4.18. The van der Waals surface area contributed by atoms with Crippen LogP contribution in [0.15, 0.2) is 0 Å². The molecule has 0 aliphatic rings. The fourth-order valence-corrected chi connectivity index (χ4v) is 1.59. The maximum Gasteiger partial charge on any atom is 0.307 e. The Morgan fingerprint density at radius 2 is 1.82 bits per heavy atom. The first-order chi connectivity index (χ1) is 8.01. The second-order valence-corrected chi connectivity index (χ2v) is 4.54. The Morgan fingerprint density at radius 1 is 1.18 bits per heavy atom. The number of carbonyl (C=O) groups is 2. The van der Waals surface area contributed by atoms with Crippen LogP contribution >= 0.6 is 0 Å². The normalized spacial score (nSPS) is 10.4. The van der Waals surface area contributed by atoms with Gasteiger partial charge in [-0.3, -0.25) is 9.59 Å². The lowest BCUT2D eigenvalue weighted by molar-refractivity contribution is -0.144. The van der Waals surface area contributed by atoms with E-state index < -0.39 is 0 Å². The molecule has 0 aromatic rings. The second kappa shape index (κ2) is 9.02. The molecule has 0 unspecified atom stereocenters. The predicted molar refractivity (Wildman–Crippen MR) is 67.6 cm³/mol. The lowest BCUT2D eigenvalue weighted by Crippen LogP contribution is -2.35. The van der Waals surface area contributed by atoms with Gasteiger partial charge in [0.25, 0.3) is 0 Å². The lowest BCUT2D eigenvalue weighted by atomic mass is 10.2. The third kappa shape index (κ3) is 7.77. The molecule has 0 aliphatic carbocycles. The van der Waals surface area contributed by atoms with Crippen molar-refractivity contribution in [2.75, 3.05) is 19.7 Å². The molecule has 4 nitrogen and oxygen atoms in total. The van der Waals surface area contributed by atoms with Crippen LogP contribution in [0.4, 0.5) is 0 Å². The smallest absolute Gasteiger partial charge is 0.307 e. The van der Waals surface area contributed by atoms with E-state index in [4.69, 9.17) is 4.74 Å². The summed E-state index contributed by atoms with van der Waals surface area (Å²) >= 11 is 0. The van der Waals surface area contributed by atoms with Gasteiger partial charge in [-0.25, -0.2) is 0 Å². The van der Waals surface area contributed by atoms with Crippen LogP contribution in [0.3, 0.4) is 0 Å². The molecule has 0 saturated carbocycles. The molecule has 0 atom stereocenters. The molecule has 0 fully saturated rings. The first-order valence-electron chi connectivity index (χ1n) is 6.44. The topological polar surface area (TPSA) is 46.6 Å². The monoisotopic (exact) mass is 243 g/mol. The number of hydrogen-bond donors (Lipinski definition) is 0. The summed E-state index contributed by atoms with van der Waals surface area (Å²) in [7, 11) is 0. The molecule has 0 saturated heterocycles. The van der Waals surface area contributed by atoms with Crippen LogP contribution in [0.2, 0.25) is 0 Å². The molecule has 0 aromatic heterocycles. The second-order valence-electron chi connectivity index (χ2n) is 4.54. The average Bonchev–Trinajstić information content (AvgIpc) is 2.24. The highest BCUT2D eigenvalue weighted by Crippen LogP contribution is 2.05. The van der Waals surface area contributed by atoms with E-state index in [1.165, 1.54) is 0 Å². The molecule has 0 bridgehead atoms. The molecule has 0 N–H and O–H groups in total. The largest absolute Gasteiger partial charge is 0.466 e. The molecule has 4 heteroatoms. The van der Waals surface area contributed by atoms with E-state index >= 15 is 0 Å². The van der Waals surface area contributed by atoms with Gasteiger partial charge >= 0.3 is 5.97 Å². The van der Waals surface area contributed by atoms with Crippen LogP contribution in [-0.2, 0) is 14.3 Å². The van der Waals surface area contributed by atoms with E-state index in [0.29, 0.717) is 32.0 Å². The summed E-state index contributed by atoms with van der Waals surface area (Å²) in [5, 5.41) is 0. The first-order valence-corrected chi connectivity index (χ1v) is 6.44. The highest BCUT2D eigenvalue weighted by molar-refractivity contribution is 5.77. The third-order valence-corrected chi connectivity index (χ3v) is 2.29. The fraction of sp³-hybridized carbons (Fsp3) is 0.846. The summed E-state index contributed by atoms with van der Waals surface area (Å²) in [6.07, 6.45) is 1.68. The number of rotatable bonds is 8. The van der Waals surface area contributed by atoms with Crippen LogP contribution in [0.1, 0.15) is 47.0 Å². The number of nitrogens with zero attached hydrogens (tertiary/aromatic N) is 1. The molecule has 17 heavy (non-hydrogen) atoms. The number of hydrogen-bond acceptors (Lipinski definition) is 3. The highest BCUT2D eigenvalue weighted by Gasteiger charge is 2.15. The standard InChI is InChI=1S/C13H25NO3/c1-5-7-12(15)14(10-11(3)4)9-8-13(16)17-6-2/h11H,5-10H2,1-4H3. The summed E-state index contributed by atoms with van der Waals surface area (Å²) < 4.78 is 4.86. The minimum Gasteiger partial charge on any atom is -0.466 e. The summed E-state index contributed by atoms with van der Waals surface area (Å²) in [6, 6.07) is 0. The average molecular weight is 243 g/mol. The van der Waals surface area contributed by atoms with Crippen LogP contribution in [0, 0.1) is 5.92 Å². The maximum atomic E-state index is 11.8. The van der Waals surface area contributed by atoms with Gasteiger partial charge in [0.05, 0.1) is 13.0 Å². The molecule has 100 valence electrons. The summed E-state index contributed by atoms with van der Waals surface area (Å²) in [6.45, 7) is 9.47. The van der Waals surface area contributed by atoms with E-state index in [1.54, 1.807) is 11.8 Å². The molecule has 0 heterocycles. The van der Waals surface area contributed by atoms with Gasteiger partial charge in [0.1, 0.15) is 0 Å². The number of carbonyl (C=O) groups excluding carboxylic acids is 2. The van der Waals surface area contributed by atoms with E-state index in [1.807, 2.05) is 6.92 Å². The summed E-state index contributed by atoms with van der Waals surface area (Å²) in [5.41, 5.74) is 0. The Hall–Kier alpha value is -1.06. The van der Waals surface area contributed by atoms with Crippen molar-refractivity contribution in [2.24, 2.45) is 5.92 Å². The minimum absolute atomic E-state index is 0.130. The Bertz CT molecular complexity index is 239. The molecule has 0 aromatic carbocycles. The zero-order valence-corrected chi connectivity index (χ0v) is 11.5. The summed E-state index contributed by atoms with van der Waals surface area (Å²) in [5.74, 6) is 0.314. The molecule has 0 rings (SSSR count). The van der Waals surface area contributed by atoms with Crippen molar-refractivity contribution >= 4 is 11.9 Å². The van der Waals surface area contributed by atoms with Gasteiger partial charge in [0.2, 0.25) is 5.91 Å². The minimum atomic E-state index is -0.231. The zero-order chi connectivity index (χ0) is 13.3. The van der Waals surface area contributed by atoms with Gasteiger partial charge in [0, 0.05) is 19.5 Å². The quantitative estimate of drug-likeness (QED) is 0.614. The van der Waals surface area contributed by atoms with Gasteiger partial charge in [0.15, 0.2) is 0 Å². The van der Waals surface area contributed by atoms with Crippen LogP contribution in [0.25, 0.3) is 0 Å². The van der Waals surface area contributed by atoms with Gasteiger partial charge in [-0.2, -0.15) is 0 Å². The van der Waals surface area contributed by atoms with Crippen molar-refractivity contribution in [3.05, 3.63) is 0 Å². The highest BCUT2D eigenvalue weighted by atomic mass is 16.5. The Labute approximate surface area is 104 Å². The molecule has 1 amide bonds. The predicted octanol–water partition coefficient (Wildman–Crippen LogP) is 2.22. The SMILES string of the molecule is CCCC(=O)N(CCC(=O)OCC)CC(C)C. The number of esters is 1. The number of amides is 1. The van der Waals surface area contributed by atoms with Gasteiger partial charge in [-0.1, -0.05) is 20.8 Å². The molecular weight excluding hydrogens is 218 g/mol. The van der Waals surface area contributed by atoms with Gasteiger partial charge in [-0.15, -0.1) is 0 Å². The third-order valence-electron chi connectivity index (χ3n) is 2.29. The van der Waals surface area contributed by atoms with E-state index in [0.717, 1.165) is 6.42 Å². The Morgan fingerprint density at radius 3 is 2.29 bits per heavy atom. The molecular formula is C13H25NO3. The van der Waals surface area contributed by atoms with E-state index in [-0.39, 0.29) is 18.3 Å². The molecule has 0 aliphatic heterocycles. The van der Waals surface area contributed by atoms with E-state index in [9.17, 15) is 9.59 Å². The van der Waals surface area contributed by atoms with Crippen molar-refractivity contribution in [3.63, 3.8) is 0 Å². The van der Waals surface area contributed by atoms with Crippen molar-refractivity contribution in [3.8, 4) is 0 Å². The van der Waals surface area contributed by atoms with E-state index in [2.05, 4.69) is 13.8 Å². The zero-order valence-electron chi connectivity index (χ0n) is 11.5. The van der Waals surface area contributed by atoms with Crippen LogP contribution in [0.5, 0.6) is 0 Å². The first kappa shape index (κ1) is 15.9. The lowest BCUT2D eigenvalue weighted by Gasteiger charge is -2.24. The van der Waals surface area contributed by atoms with Gasteiger partial charge < -0.3 is 9.64 Å².